The molecule has 0 saturated heterocycles. The molecule has 1 aromatic heterocycles. The quantitative estimate of drug-likeness (QED) is 0.425. The number of rotatable bonds is 7. The lowest BCUT2D eigenvalue weighted by atomic mass is 10.1. The summed E-state index contributed by atoms with van der Waals surface area (Å²) in [6.45, 7) is 0.536. The van der Waals surface area contributed by atoms with Crippen LogP contribution in [-0.4, -0.2) is 33.6 Å². The van der Waals surface area contributed by atoms with Crippen molar-refractivity contribution in [3.8, 4) is 0 Å². The normalized spacial score (nSPS) is 12.1. The second-order valence-electron chi connectivity index (χ2n) is 3.75. The first-order valence-corrected chi connectivity index (χ1v) is 5.89. The molecule has 0 radical (unpaired) electrons. The van der Waals surface area contributed by atoms with Crippen LogP contribution in [-0.2, 0) is 4.79 Å². The monoisotopic (exact) mass is 273 g/mol. The highest BCUT2D eigenvalue weighted by Gasteiger charge is 2.19. The number of unbranched alkanes of at least 4 members (excludes halogenated alkanes) is 1. The highest BCUT2D eigenvalue weighted by Crippen LogP contribution is 2.23. The van der Waals surface area contributed by atoms with Crippen molar-refractivity contribution in [3.05, 3.63) is 11.5 Å². The summed E-state index contributed by atoms with van der Waals surface area (Å²) in [7, 11) is 0. The average molecular weight is 274 g/mol. The van der Waals surface area contributed by atoms with Gasteiger partial charge >= 0.3 is 5.97 Å². The summed E-state index contributed by atoms with van der Waals surface area (Å²) in [6, 6.07) is -0.773. The molecule has 1 aromatic rings. The molecule has 0 aliphatic carbocycles. The van der Waals surface area contributed by atoms with Gasteiger partial charge in [0.1, 0.15) is 18.1 Å². The minimum absolute atomic E-state index is 0.0959. The summed E-state index contributed by atoms with van der Waals surface area (Å²) in [5, 5.41) is 11.9. The third-order valence-corrected chi connectivity index (χ3v) is 2.69. The van der Waals surface area contributed by atoms with Crippen molar-refractivity contribution in [1.29, 1.82) is 0 Å². The van der Waals surface area contributed by atoms with E-state index in [-0.39, 0.29) is 16.7 Å². The summed E-state index contributed by atoms with van der Waals surface area (Å²) in [4.78, 5) is 18.6. The Kier molecular flexibility index (Phi) is 5.60. The van der Waals surface area contributed by atoms with E-state index in [2.05, 4.69) is 15.3 Å². The number of hydrogen-bond donors (Lipinski definition) is 4. The summed E-state index contributed by atoms with van der Waals surface area (Å²) in [5.41, 5.74) is 11.2. The van der Waals surface area contributed by atoms with Gasteiger partial charge in [-0.15, -0.1) is 0 Å². The number of nitrogen functional groups attached to an aromatic ring is 1. The minimum atomic E-state index is -0.971. The van der Waals surface area contributed by atoms with Crippen LogP contribution < -0.4 is 16.8 Å². The van der Waals surface area contributed by atoms with E-state index in [0.717, 1.165) is 6.42 Å². The van der Waals surface area contributed by atoms with E-state index in [1.165, 1.54) is 6.33 Å². The number of carboxylic acids is 1. The number of aliphatic carboxylic acids is 1. The Morgan fingerprint density at radius 1 is 1.50 bits per heavy atom. The predicted octanol–water partition coefficient (Wildman–Crippen LogP) is 0.706. The third kappa shape index (κ3) is 4.01. The van der Waals surface area contributed by atoms with Crippen LogP contribution in [0.3, 0.4) is 0 Å². The molecule has 0 saturated carbocycles. The topological polar surface area (TPSA) is 127 Å². The maximum atomic E-state index is 11.1. The van der Waals surface area contributed by atoms with Gasteiger partial charge in [-0.05, 0) is 25.8 Å². The van der Waals surface area contributed by atoms with Crippen LogP contribution in [0.15, 0.2) is 6.33 Å². The highest BCUT2D eigenvalue weighted by atomic mass is 35.5. The molecule has 6 N–H and O–H groups in total. The Bertz CT molecular complexity index is 415. The molecule has 1 heterocycles. The van der Waals surface area contributed by atoms with Gasteiger partial charge in [0.2, 0.25) is 0 Å². The molecule has 18 heavy (non-hydrogen) atoms. The zero-order chi connectivity index (χ0) is 13.5. The SMILES string of the molecule is NCCCCC(Nc1ncnc(Cl)c1N)C(=O)O. The van der Waals surface area contributed by atoms with Crippen LogP contribution in [0.2, 0.25) is 5.15 Å². The number of hydrogen-bond acceptors (Lipinski definition) is 6. The molecule has 1 rings (SSSR count). The van der Waals surface area contributed by atoms with Crippen molar-refractivity contribution in [3.63, 3.8) is 0 Å². The molecule has 0 amide bonds. The summed E-state index contributed by atoms with van der Waals surface area (Å²) < 4.78 is 0. The van der Waals surface area contributed by atoms with Gasteiger partial charge < -0.3 is 21.9 Å². The molecule has 100 valence electrons. The Morgan fingerprint density at radius 3 is 2.83 bits per heavy atom. The minimum Gasteiger partial charge on any atom is -0.480 e. The van der Waals surface area contributed by atoms with Gasteiger partial charge in [-0.25, -0.2) is 14.8 Å². The van der Waals surface area contributed by atoms with Crippen molar-refractivity contribution >= 4 is 29.1 Å². The second-order valence-corrected chi connectivity index (χ2v) is 4.10. The zero-order valence-electron chi connectivity index (χ0n) is 9.77. The van der Waals surface area contributed by atoms with Crippen molar-refractivity contribution in [2.24, 2.45) is 5.73 Å². The van der Waals surface area contributed by atoms with Crippen molar-refractivity contribution in [2.75, 3.05) is 17.6 Å². The average Bonchev–Trinajstić information content (AvgIpc) is 2.33. The number of anilines is 2. The van der Waals surface area contributed by atoms with Crippen LogP contribution in [0.1, 0.15) is 19.3 Å². The van der Waals surface area contributed by atoms with E-state index >= 15 is 0 Å². The van der Waals surface area contributed by atoms with Crippen LogP contribution in [0, 0.1) is 0 Å². The Hall–Kier alpha value is -1.60. The number of halogens is 1. The van der Waals surface area contributed by atoms with Crippen LogP contribution in [0.4, 0.5) is 11.5 Å². The van der Waals surface area contributed by atoms with E-state index in [0.29, 0.717) is 19.4 Å². The highest BCUT2D eigenvalue weighted by molar-refractivity contribution is 6.32. The first-order valence-electron chi connectivity index (χ1n) is 5.51. The van der Waals surface area contributed by atoms with Gasteiger partial charge in [0, 0.05) is 0 Å². The zero-order valence-corrected chi connectivity index (χ0v) is 10.5. The summed E-state index contributed by atoms with van der Waals surface area (Å²) in [5.74, 6) is -0.740. The van der Waals surface area contributed by atoms with Gasteiger partial charge in [0.05, 0.1) is 0 Å². The summed E-state index contributed by atoms with van der Waals surface area (Å²) >= 11 is 5.72. The molecule has 0 bridgehead atoms. The number of nitrogens with zero attached hydrogens (tertiary/aromatic N) is 2. The molecule has 0 aliphatic rings. The van der Waals surface area contributed by atoms with Gasteiger partial charge in [0.15, 0.2) is 11.0 Å². The van der Waals surface area contributed by atoms with Crippen molar-refractivity contribution in [2.45, 2.75) is 25.3 Å². The van der Waals surface area contributed by atoms with Crippen LogP contribution in [0.25, 0.3) is 0 Å². The maximum absolute atomic E-state index is 11.1. The smallest absolute Gasteiger partial charge is 0.326 e. The van der Waals surface area contributed by atoms with Gasteiger partial charge in [-0.3, -0.25) is 0 Å². The van der Waals surface area contributed by atoms with E-state index in [4.69, 9.17) is 28.2 Å². The molecule has 1 atom stereocenters. The van der Waals surface area contributed by atoms with Crippen molar-refractivity contribution < 1.29 is 9.90 Å². The molecule has 0 spiro atoms. The molecule has 0 fully saturated rings. The standard InChI is InChI=1S/C10H16ClN5O2/c11-8-7(13)9(15-5-14-8)16-6(10(17)18)3-1-2-4-12/h5-6H,1-4,12-13H2,(H,17,18)(H,14,15,16). The first-order chi connectivity index (χ1) is 8.56. The molecule has 7 nitrogen and oxygen atoms in total. The molecule has 8 heteroatoms. The fraction of sp³-hybridized carbons (Fsp3) is 0.500. The Labute approximate surface area is 110 Å². The van der Waals surface area contributed by atoms with Crippen LogP contribution >= 0.6 is 11.6 Å². The number of aromatic nitrogens is 2. The molecular weight excluding hydrogens is 258 g/mol. The second kappa shape index (κ2) is 6.97. The van der Waals surface area contributed by atoms with E-state index in [9.17, 15) is 4.79 Å². The fourth-order valence-electron chi connectivity index (χ4n) is 1.40. The number of carboxylic acid groups (broad SMARTS) is 1. The lowest BCUT2D eigenvalue weighted by Crippen LogP contribution is -2.30. The van der Waals surface area contributed by atoms with E-state index in [1.54, 1.807) is 0 Å². The molecule has 0 aliphatic heterocycles. The van der Waals surface area contributed by atoms with Crippen LogP contribution in [0.5, 0.6) is 0 Å². The van der Waals surface area contributed by atoms with Gasteiger partial charge in [-0.2, -0.15) is 0 Å². The summed E-state index contributed by atoms with van der Waals surface area (Å²) in [6.07, 6.45) is 3.14. The number of nitrogens with two attached hydrogens (primary N) is 2. The predicted molar refractivity (Wildman–Crippen MR) is 69.4 cm³/mol. The van der Waals surface area contributed by atoms with Crippen molar-refractivity contribution in [1.82, 2.24) is 9.97 Å². The molecular formula is C10H16ClN5O2. The number of carbonyl (C=O) groups is 1. The lowest BCUT2D eigenvalue weighted by molar-refractivity contribution is -0.138. The Balaban J connectivity index is 2.71. The third-order valence-electron chi connectivity index (χ3n) is 2.39. The van der Waals surface area contributed by atoms with Gasteiger partial charge in [0.25, 0.3) is 0 Å². The van der Waals surface area contributed by atoms with Gasteiger partial charge in [-0.1, -0.05) is 11.6 Å². The van der Waals surface area contributed by atoms with E-state index in [1.807, 2.05) is 0 Å². The maximum Gasteiger partial charge on any atom is 0.326 e. The Morgan fingerprint density at radius 2 is 2.22 bits per heavy atom. The largest absolute Gasteiger partial charge is 0.480 e. The lowest BCUT2D eigenvalue weighted by Gasteiger charge is -2.16. The number of nitrogens with one attached hydrogen (secondary N) is 1. The molecule has 0 aromatic carbocycles. The van der Waals surface area contributed by atoms with E-state index < -0.39 is 12.0 Å². The molecule has 1 unspecified atom stereocenters. The fourth-order valence-corrected chi connectivity index (χ4v) is 1.54. The first kappa shape index (κ1) is 14.5.